The van der Waals surface area contributed by atoms with Crippen LogP contribution in [0.3, 0.4) is 0 Å². The Balaban J connectivity index is 2.42. The number of rotatable bonds is 2. The minimum absolute atomic E-state index is 0.0183. The Morgan fingerprint density at radius 2 is 2.11 bits per heavy atom. The van der Waals surface area contributed by atoms with Gasteiger partial charge >= 0.3 is 10.2 Å². The predicted molar refractivity (Wildman–Crippen MR) is 69.8 cm³/mol. The topological polar surface area (TPSA) is 67.3 Å². The molecule has 2 heterocycles. The van der Waals surface area contributed by atoms with E-state index in [0.29, 0.717) is 5.56 Å². The number of aryl methyl sites for hydroxylation is 1. The second kappa shape index (κ2) is 4.88. The molecule has 1 amide bonds. The van der Waals surface area contributed by atoms with Crippen molar-refractivity contribution in [2.24, 2.45) is 0 Å². The summed E-state index contributed by atoms with van der Waals surface area (Å²) in [5.41, 5.74) is 0.831. The fourth-order valence-electron chi connectivity index (χ4n) is 1.99. The maximum absolute atomic E-state index is 12.9. The van der Waals surface area contributed by atoms with Crippen LogP contribution in [0.1, 0.15) is 12.0 Å². The predicted octanol–water partition coefficient (Wildman–Crippen LogP) is 2.10. The third-order valence-electron chi connectivity index (χ3n) is 2.87. The summed E-state index contributed by atoms with van der Waals surface area (Å²) in [7, 11) is -4.76. The quantitative estimate of drug-likeness (QED) is 0.616. The Hall–Kier alpha value is -0.920. The van der Waals surface area contributed by atoms with E-state index in [9.17, 15) is 17.1 Å². The molecule has 1 fully saturated rings. The van der Waals surface area contributed by atoms with Crippen LogP contribution in [0.25, 0.3) is 0 Å². The maximum atomic E-state index is 12.9. The monoisotopic (exact) mass is 326 g/mol. The molecule has 1 saturated heterocycles. The molecule has 1 unspecified atom stereocenters. The fourth-order valence-corrected chi connectivity index (χ4v) is 3.29. The first-order valence-electron chi connectivity index (χ1n) is 5.26. The lowest BCUT2D eigenvalue weighted by Gasteiger charge is -2.19. The van der Waals surface area contributed by atoms with Crippen molar-refractivity contribution in [3.05, 3.63) is 21.9 Å². The van der Waals surface area contributed by atoms with Gasteiger partial charge in [-0.25, -0.2) is 4.98 Å². The van der Waals surface area contributed by atoms with Gasteiger partial charge in [-0.3, -0.25) is 4.79 Å². The number of pyridine rings is 1. The lowest BCUT2D eigenvalue weighted by Crippen LogP contribution is -2.28. The van der Waals surface area contributed by atoms with Gasteiger partial charge < -0.3 is 4.90 Å². The number of carbonyl (C=O) groups excluding carboxylic acids is 1. The molecule has 0 spiro atoms. The second-order valence-electron chi connectivity index (χ2n) is 4.21. The molecule has 0 radical (unpaired) electrons. The van der Waals surface area contributed by atoms with Crippen molar-refractivity contribution in [1.29, 1.82) is 0 Å². The zero-order valence-electron chi connectivity index (χ0n) is 9.73. The molecule has 1 atom stereocenters. The first-order valence-corrected chi connectivity index (χ1v) is 7.47. The van der Waals surface area contributed by atoms with Gasteiger partial charge in [-0.2, -0.15) is 8.42 Å². The summed E-state index contributed by atoms with van der Waals surface area (Å²) in [4.78, 5) is 16.7. The molecule has 0 saturated carbocycles. The van der Waals surface area contributed by atoms with E-state index in [0.717, 1.165) is 4.90 Å². The summed E-state index contributed by atoms with van der Waals surface area (Å²) >= 11 is 11.6. The van der Waals surface area contributed by atoms with E-state index in [1.807, 2.05) is 0 Å². The Morgan fingerprint density at radius 3 is 2.58 bits per heavy atom. The largest absolute Gasteiger partial charge is 0.308 e. The summed E-state index contributed by atoms with van der Waals surface area (Å²) in [6, 6.07) is 1.49. The highest BCUT2D eigenvalue weighted by atomic mass is 35.5. The number of aromatic nitrogens is 1. The minimum atomic E-state index is -4.76. The molecule has 19 heavy (non-hydrogen) atoms. The summed E-state index contributed by atoms with van der Waals surface area (Å²) < 4.78 is 34.7. The van der Waals surface area contributed by atoms with Crippen LogP contribution in [0.2, 0.25) is 10.3 Å². The molecule has 1 aromatic rings. The number of nitrogens with zero attached hydrogens (tertiary/aromatic N) is 2. The van der Waals surface area contributed by atoms with Gasteiger partial charge in [0.25, 0.3) is 0 Å². The lowest BCUT2D eigenvalue weighted by molar-refractivity contribution is -0.117. The van der Waals surface area contributed by atoms with Gasteiger partial charge in [0.05, 0.1) is 5.69 Å². The highest BCUT2D eigenvalue weighted by Gasteiger charge is 2.40. The van der Waals surface area contributed by atoms with Crippen LogP contribution >= 0.6 is 23.2 Å². The molecule has 104 valence electrons. The number of carbonyl (C=O) groups is 1. The van der Waals surface area contributed by atoms with Crippen LogP contribution in [0.15, 0.2) is 6.07 Å². The Bertz CT molecular complexity index is 627. The third kappa shape index (κ3) is 2.82. The molecule has 1 aliphatic heterocycles. The van der Waals surface area contributed by atoms with Crippen molar-refractivity contribution >= 4 is 45.0 Å². The van der Waals surface area contributed by atoms with Gasteiger partial charge in [-0.05, 0) is 18.6 Å². The zero-order valence-corrected chi connectivity index (χ0v) is 12.1. The van der Waals surface area contributed by atoms with E-state index in [1.54, 1.807) is 6.92 Å². The fraction of sp³-hybridized carbons (Fsp3) is 0.400. The normalized spacial score (nSPS) is 20.1. The Morgan fingerprint density at radius 1 is 1.47 bits per heavy atom. The van der Waals surface area contributed by atoms with Crippen LogP contribution in [0.4, 0.5) is 9.57 Å². The van der Waals surface area contributed by atoms with Crippen molar-refractivity contribution in [3.8, 4) is 0 Å². The SMILES string of the molecule is Cc1cc(Cl)nc(Cl)c1N1CC(S(=O)(=O)F)CC1=O. The van der Waals surface area contributed by atoms with Crippen LogP contribution < -0.4 is 4.90 Å². The summed E-state index contributed by atoms with van der Waals surface area (Å²) in [6.45, 7) is 1.38. The van der Waals surface area contributed by atoms with Gasteiger partial charge in [0.2, 0.25) is 5.91 Å². The molecule has 9 heteroatoms. The smallest absolute Gasteiger partial charge is 0.307 e. The standard InChI is InChI=1S/C10H9Cl2FN2O3S/c1-5-2-7(11)14-10(12)9(5)15-4-6(3-8(15)16)19(13,17)18/h2,6H,3-4H2,1H3. The maximum Gasteiger partial charge on any atom is 0.307 e. The Labute approximate surface area is 119 Å². The average Bonchev–Trinajstić information content (AvgIpc) is 2.59. The first kappa shape index (κ1) is 14.5. The van der Waals surface area contributed by atoms with E-state index in [4.69, 9.17) is 23.2 Å². The molecule has 0 aliphatic carbocycles. The summed E-state index contributed by atoms with van der Waals surface area (Å²) in [6.07, 6.45) is -0.406. The molecule has 5 nitrogen and oxygen atoms in total. The van der Waals surface area contributed by atoms with Crippen molar-refractivity contribution in [2.45, 2.75) is 18.6 Å². The number of halogens is 3. The third-order valence-corrected chi connectivity index (χ3v) is 4.44. The molecule has 0 aromatic carbocycles. The summed E-state index contributed by atoms with van der Waals surface area (Å²) in [5, 5.41) is -1.23. The molecule has 2 rings (SSSR count). The van der Waals surface area contributed by atoms with Gasteiger partial charge in [-0.15, -0.1) is 3.89 Å². The number of amides is 1. The van der Waals surface area contributed by atoms with Gasteiger partial charge in [-0.1, -0.05) is 23.2 Å². The number of hydrogen-bond donors (Lipinski definition) is 0. The molecule has 1 aliphatic rings. The van der Waals surface area contributed by atoms with Crippen LogP contribution in [-0.2, 0) is 15.0 Å². The highest BCUT2D eigenvalue weighted by Crippen LogP contribution is 2.34. The molecule has 0 bridgehead atoms. The van der Waals surface area contributed by atoms with Crippen molar-refractivity contribution < 1.29 is 17.1 Å². The van der Waals surface area contributed by atoms with E-state index in [-0.39, 0.29) is 22.5 Å². The van der Waals surface area contributed by atoms with Crippen LogP contribution in [0, 0.1) is 6.92 Å². The lowest BCUT2D eigenvalue weighted by atomic mass is 10.2. The van der Waals surface area contributed by atoms with Gasteiger partial charge in [0.15, 0.2) is 5.15 Å². The van der Waals surface area contributed by atoms with Crippen LogP contribution in [0.5, 0.6) is 0 Å². The molecule has 1 aromatic heterocycles. The number of anilines is 1. The van der Waals surface area contributed by atoms with Gasteiger partial charge in [0, 0.05) is 13.0 Å². The van der Waals surface area contributed by atoms with Gasteiger partial charge in [0.1, 0.15) is 10.4 Å². The van der Waals surface area contributed by atoms with E-state index >= 15 is 0 Å². The molecular weight excluding hydrogens is 318 g/mol. The molecule has 0 N–H and O–H groups in total. The Kier molecular flexibility index (Phi) is 3.72. The summed E-state index contributed by atoms with van der Waals surface area (Å²) in [5.74, 6) is -0.514. The molecular formula is C10H9Cl2FN2O3S. The average molecular weight is 327 g/mol. The van der Waals surface area contributed by atoms with E-state index in [2.05, 4.69) is 4.98 Å². The first-order chi connectivity index (χ1) is 8.70. The van der Waals surface area contributed by atoms with E-state index < -0.39 is 27.8 Å². The minimum Gasteiger partial charge on any atom is -0.308 e. The second-order valence-corrected chi connectivity index (χ2v) is 6.57. The highest BCUT2D eigenvalue weighted by molar-refractivity contribution is 7.87. The van der Waals surface area contributed by atoms with E-state index in [1.165, 1.54) is 6.07 Å². The zero-order chi connectivity index (χ0) is 14.4. The van der Waals surface area contributed by atoms with Crippen LogP contribution in [-0.4, -0.2) is 31.1 Å². The van der Waals surface area contributed by atoms with Crippen molar-refractivity contribution in [2.75, 3.05) is 11.4 Å². The number of hydrogen-bond acceptors (Lipinski definition) is 4. The van der Waals surface area contributed by atoms with Crippen molar-refractivity contribution in [1.82, 2.24) is 4.98 Å². The van der Waals surface area contributed by atoms with Crippen molar-refractivity contribution in [3.63, 3.8) is 0 Å².